The van der Waals surface area contributed by atoms with Gasteiger partial charge in [-0.15, -0.1) is 0 Å². The number of non-ortho nitro benzene ring substituents is 1. The van der Waals surface area contributed by atoms with Gasteiger partial charge in [0.15, 0.2) is 0 Å². The number of rotatable bonds is 8. The Morgan fingerprint density at radius 1 is 1.12 bits per heavy atom. The first-order chi connectivity index (χ1) is 16.0. The number of benzene rings is 2. The van der Waals surface area contributed by atoms with Gasteiger partial charge in [-0.1, -0.05) is 0 Å². The van der Waals surface area contributed by atoms with Crippen LogP contribution in [0, 0.1) is 10.1 Å². The van der Waals surface area contributed by atoms with Crippen LogP contribution in [0.3, 0.4) is 0 Å². The van der Waals surface area contributed by atoms with E-state index in [0.29, 0.717) is 34.2 Å². The smallest absolute Gasteiger partial charge is 0.270 e. The second-order valence-corrected chi connectivity index (χ2v) is 6.93. The lowest BCUT2D eigenvalue weighted by Crippen LogP contribution is -2.25. The van der Waals surface area contributed by atoms with Gasteiger partial charge >= 0.3 is 0 Å². The first-order valence-electron chi connectivity index (χ1n) is 9.88. The molecular weight excluding hydrogens is 428 g/mol. The SMILES string of the molecule is COc1ccc(-c2cc(C(=O)NCc3ccco3)n(-c3ccc([N+](=O)[O-])cc3)n2)c(OC)c1. The molecule has 4 aromatic rings. The quantitative estimate of drug-likeness (QED) is 0.319. The number of aromatic nitrogens is 2. The van der Waals surface area contributed by atoms with Gasteiger partial charge in [-0.05, 0) is 42.5 Å². The van der Waals surface area contributed by atoms with Gasteiger partial charge in [0.2, 0.25) is 0 Å². The van der Waals surface area contributed by atoms with Crippen LogP contribution >= 0.6 is 0 Å². The minimum absolute atomic E-state index is 0.0632. The van der Waals surface area contributed by atoms with E-state index >= 15 is 0 Å². The average Bonchev–Trinajstić information content (AvgIpc) is 3.52. The number of ether oxygens (including phenoxy) is 2. The van der Waals surface area contributed by atoms with Crippen molar-refractivity contribution in [2.75, 3.05) is 14.2 Å². The van der Waals surface area contributed by atoms with Gasteiger partial charge < -0.3 is 19.2 Å². The minimum atomic E-state index is -0.489. The standard InChI is InChI=1S/C23H20N4O6/c1-31-17-9-10-19(22(12-17)32-2)20-13-21(23(28)24-14-18-4-3-11-33-18)26(25-20)15-5-7-16(8-6-15)27(29)30/h3-13H,14H2,1-2H3,(H,24,28). The molecule has 0 aliphatic rings. The van der Waals surface area contributed by atoms with Crippen molar-refractivity contribution < 1.29 is 23.6 Å². The number of carbonyl (C=O) groups is 1. The minimum Gasteiger partial charge on any atom is -0.497 e. The number of carbonyl (C=O) groups excluding carboxylic acids is 1. The fourth-order valence-corrected chi connectivity index (χ4v) is 3.27. The number of furan rings is 1. The fourth-order valence-electron chi connectivity index (χ4n) is 3.27. The summed E-state index contributed by atoms with van der Waals surface area (Å²) >= 11 is 0. The topological polar surface area (TPSA) is 122 Å². The van der Waals surface area contributed by atoms with Crippen LogP contribution in [-0.4, -0.2) is 34.8 Å². The number of hydrogen-bond donors (Lipinski definition) is 1. The van der Waals surface area contributed by atoms with Crippen molar-refractivity contribution in [2.24, 2.45) is 0 Å². The van der Waals surface area contributed by atoms with Crippen molar-refractivity contribution in [3.8, 4) is 28.4 Å². The molecule has 10 heteroatoms. The highest BCUT2D eigenvalue weighted by molar-refractivity contribution is 5.94. The highest BCUT2D eigenvalue weighted by atomic mass is 16.6. The van der Waals surface area contributed by atoms with Crippen LogP contribution in [0.2, 0.25) is 0 Å². The number of hydrogen-bond acceptors (Lipinski definition) is 7. The van der Waals surface area contributed by atoms with E-state index < -0.39 is 10.8 Å². The van der Waals surface area contributed by atoms with E-state index in [1.165, 1.54) is 42.3 Å². The maximum absolute atomic E-state index is 13.0. The van der Waals surface area contributed by atoms with Crippen molar-refractivity contribution in [1.82, 2.24) is 15.1 Å². The molecule has 0 saturated heterocycles. The van der Waals surface area contributed by atoms with Crippen LogP contribution in [0.15, 0.2) is 71.3 Å². The molecule has 0 aliphatic heterocycles. The van der Waals surface area contributed by atoms with E-state index in [1.807, 2.05) is 0 Å². The molecule has 168 valence electrons. The number of nitro groups is 1. The van der Waals surface area contributed by atoms with Crippen LogP contribution in [0.4, 0.5) is 5.69 Å². The van der Waals surface area contributed by atoms with E-state index in [1.54, 1.807) is 43.5 Å². The lowest BCUT2D eigenvalue weighted by atomic mass is 10.1. The summed E-state index contributed by atoms with van der Waals surface area (Å²) in [6, 6.07) is 16.2. The number of amides is 1. The second-order valence-electron chi connectivity index (χ2n) is 6.93. The van der Waals surface area contributed by atoms with Crippen molar-refractivity contribution in [3.05, 3.63) is 88.5 Å². The molecule has 33 heavy (non-hydrogen) atoms. The van der Waals surface area contributed by atoms with Crippen LogP contribution in [0.25, 0.3) is 16.9 Å². The van der Waals surface area contributed by atoms with E-state index in [9.17, 15) is 14.9 Å². The molecule has 0 spiro atoms. The van der Waals surface area contributed by atoms with Gasteiger partial charge in [0.1, 0.15) is 23.0 Å². The predicted molar refractivity (Wildman–Crippen MR) is 119 cm³/mol. The van der Waals surface area contributed by atoms with Gasteiger partial charge in [-0.2, -0.15) is 5.10 Å². The molecule has 2 aromatic heterocycles. The van der Waals surface area contributed by atoms with Crippen LogP contribution in [0.1, 0.15) is 16.2 Å². The fraction of sp³-hybridized carbons (Fsp3) is 0.130. The summed E-state index contributed by atoms with van der Waals surface area (Å²) in [6.45, 7) is 0.193. The maximum Gasteiger partial charge on any atom is 0.270 e. The Morgan fingerprint density at radius 2 is 1.91 bits per heavy atom. The van der Waals surface area contributed by atoms with Crippen molar-refractivity contribution in [3.63, 3.8) is 0 Å². The molecule has 0 unspecified atom stereocenters. The molecule has 10 nitrogen and oxygen atoms in total. The normalized spacial score (nSPS) is 10.6. The molecule has 4 rings (SSSR count). The molecule has 0 fully saturated rings. The third-order valence-electron chi connectivity index (χ3n) is 4.94. The molecule has 1 N–H and O–H groups in total. The Morgan fingerprint density at radius 3 is 2.55 bits per heavy atom. The Balaban J connectivity index is 1.75. The Bertz CT molecular complexity index is 1280. The summed E-state index contributed by atoms with van der Waals surface area (Å²) in [7, 11) is 3.09. The largest absolute Gasteiger partial charge is 0.497 e. The van der Waals surface area contributed by atoms with Gasteiger partial charge in [0.25, 0.3) is 11.6 Å². The lowest BCUT2D eigenvalue weighted by molar-refractivity contribution is -0.384. The number of methoxy groups -OCH3 is 2. The van der Waals surface area contributed by atoms with Gasteiger partial charge in [-0.3, -0.25) is 14.9 Å². The first kappa shape index (κ1) is 21.6. The molecule has 0 saturated carbocycles. The molecule has 0 radical (unpaired) electrons. The zero-order valence-electron chi connectivity index (χ0n) is 17.8. The zero-order valence-corrected chi connectivity index (χ0v) is 17.8. The van der Waals surface area contributed by atoms with Crippen LogP contribution in [0.5, 0.6) is 11.5 Å². The van der Waals surface area contributed by atoms with E-state index in [4.69, 9.17) is 13.9 Å². The zero-order chi connectivity index (χ0) is 23.4. The highest BCUT2D eigenvalue weighted by Crippen LogP contribution is 2.33. The van der Waals surface area contributed by atoms with E-state index in [2.05, 4.69) is 10.4 Å². The summed E-state index contributed by atoms with van der Waals surface area (Å²) in [5.74, 6) is 1.34. The first-order valence-corrected chi connectivity index (χ1v) is 9.88. The monoisotopic (exact) mass is 448 g/mol. The van der Waals surface area contributed by atoms with E-state index in [-0.39, 0.29) is 17.9 Å². The summed E-state index contributed by atoms with van der Waals surface area (Å²) in [5.41, 5.74) is 1.80. The molecule has 0 bridgehead atoms. The van der Waals surface area contributed by atoms with Gasteiger partial charge in [0.05, 0.1) is 43.3 Å². The maximum atomic E-state index is 13.0. The Kier molecular flexibility index (Phi) is 6.07. The molecule has 1 amide bonds. The predicted octanol–water partition coefficient (Wildman–Crippen LogP) is 3.99. The molecule has 0 aliphatic carbocycles. The lowest BCUT2D eigenvalue weighted by Gasteiger charge is -2.08. The second kappa shape index (κ2) is 9.27. The van der Waals surface area contributed by atoms with Crippen molar-refractivity contribution >= 4 is 11.6 Å². The van der Waals surface area contributed by atoms with E-state index in [0.717, 1.165) is 0 Å². The molecule has 0 atom stereocenters. The van der Waals surface area contributed by atoms with Gasteiger partial charge in [-0.25, -0.2) is 4.68 Å². The van der Waals surface area contributed by atoms with Crippen LogP contribution in [-0.2, 0) is 6.54 Å². The third kappa shape index (κ3) is 4.54. The summed E-state index contributed by atoms with van der Waals surface area (Å²) < 4.78 is 17.4. The summed E-state index contributed by atoms with van der Waals surface area (Å²) in [5, 5.41) is 18.4. The summed E-state index contributed by atoms with van der Waals surface area (Å²) in [4.78, 5) is 23.6. The average molecular weight is 448 g/mol. The molecule has 2 aromatic carbocycles. The summed E-state index contributed by atoms with van der Waals surface area (Å²) in [6.07, 6.45) is 1.52. The van der Waals surface area contributed by atoms with Crippen molar-refractivity contribution in [2.45, 2.75) is 6.54 Å². The molecular formula is C23H20N4O6. The Hall–Kier alpha value is -4.60. The third-order valence-corrected chi connectivity index (χ3v) is 4.94. The van der Waals surface area contributed by atoms with Crippen LogP contribution < -0.4 is 14.8 Å². The highest BCUT2D eigenvalue weighted by Gasteiger charge is 2.20. The molecule has 2 heterocycles. The Labute approximate surface area is 188 Å². The number of nitrogens with zero attached hydrogens (tertiary/aromatic N) is 3. The number of nitrogens with one attached hydrogen (secondary N) is 1. The van der Waals surface area contributed by atoms with Crippen molar-refractivity contribution in [1.29, 1.82) is 0 Å². The number of nitro benzene ring substituents is 1. The van der Waals surface area contributed by atoms with Gasteiger partial charge in [0, 0.05) is 23.8 Å².